The molecule has 0 radical (unpaired) electrons. The quantitative estimate of drug-likeness (QED) is 0.654. The van der Waals surface area contributed by atoms with Crippen LogP contribution in [0, 0.1) is 11.3 Å². The van der Waals surface area contributed by atoms with E-state index in [0.717, 1.165) is 10.2 Å². The number of fused-ring (bicyclic) bond motifs is 1. The molecule has 3 aromatic rings. The van der Waals surface area contributed by atoms with Crippen LogP contribution in [0.2, 0.25) is 10.0 Å². The van der Waals surface area contributed by atoms with Gasteiger partial charge in [0.05, 0.1) is 26.9 Å². The van der Waals surface area contributed by atoms with E-state index in [1.165, 1.54) is 11.3 Å². The molecule has 3 rings (SSSR count). The predicted molar refractivity (Wildman–Crippen MR) is 96.6 cm³/mol. The molecule has 4 nitrogen and oxygen atoms in total. The van der Waals surface area contributed by atoms with E-state index < -0.39 is 0 Å². The zero-order chi connectivity index (χ0) is 17.3. The molecule has 0 saturated heterocycles. The fraction of sp³-hybridized carbons (Fsp3) is 0.118. The second-order valence-electron chi connectivity index (χ2n) is 4.97. The van der Waals surface area contributed by atoms with Crippen LogP contribution in [0.4, 0.5) is 0 Å². The molecule has 0 spiro atoms. The van der Waals surface area contributed by atoms with Crippen molar-refractivity contribution in [2.75, 3.05) is 0 Å². The molecule has 120 valence electrons. The van der Waals surface area contributed by atoms with Gasteiger partial charge < -0.3 is 4.57 Å². The largest absolute Gasteiger partial charge is 0.315 e. The summed E-state index contributed by atoms with van der Waals surface area (Å²) in [5.41, 5.74) is 1.75. The molecule has 0 fully saturated rings. The molecular weight excluding hydrogens is 365 g/mol. The number of thiazole rings is 1. The minimum Gasteiger partial charge on any atom is -0.315 e. The Morgan fingerprint density at radius 1 is 1.29 bits per heavy atom. The van der Waals surface area contributed by atoms with Crippen molar-refractivity contribution in [1.29, 1.82) is 5.26 Å². The number of hydrogen-bond acceptors (Lipinski definition) is 3. The number of halogens is 2. The van der Waals surface area contributed by atoms with Crippen LogP contribution in [-0.4, -0.2) is 10.5 Å². The average molecular weight is 376 g/mol. The molecule has 0 bridgehead atoms. The first-order valence-electron chi connectivity index (χ1n) is 7.11. The fourth-order valence-corrected chi connectivity index (χ4v) is 4.22. The van der Waals surface area contributed by atoms with Crippen molar-refractivity contribution in [2.45, 2.75) is 13.5 Å². The maximum atomic E-state index is 12.4. The molecule has 0 N–H and O–H groups in total. The van der Waals surface area contributed by atoms with Crippen molar-refractivity contribution < 1.29 is 4.79 Å². The van der Waals surface area contributed by atoms with E-state index >= 15 is 0 Å². The highest BCUT2D eigenvalue weighted by Crippen LogP contribution is 2.29. The van der Waals surface area contributed by atoms with Gasteiger partial charge in [-0.05, 0) is 43.3 Å². The molecule has 1 amide bonds. The molecule has 2 aromatic carbocycles. The van der Waals surface area contributed by atoms with E-state index in [-0.39, 0.29) is 5.91 Å². The summed E-state index contributed by atoms with van der Waals surface area (Å²) in [5.74, 6) is -0.365. The third-order valence-electron chi connectivity index (χ3n) is 3.47. The van der Waals surface area contributed by atoms with Crippen molar-refractivity contribution in [3.63, 3.8) is 0 Å². The van der Waals surface area contributed by atoms with E-state index in [9.17, 15) is 4.79 Å². The van der Waals surface area contributed by atoms with Crippen LogP contribution in [0.25, 0.3) is 10.2 Å². The van der Waals surface area contributed by atoms with E-state index in [2.05, 4.69) is 4.99 Å². The molecule has 0 unspecified atom stereocenters. The van der Waals surface area contributed by atoms with E-state index in [1.54, 1.807) is 30.3 Å². The maximum Gasteiger partial charge on any atom is 0.279 e. The number of nitriles is 1. The number of hydrogen-bond donors (Lipinski definition) is 0. The van der Waals surface area contributed by atoms with Gasteiger partial charge in [-0.1, -0.05) is 34.5 Å². The Kier molecular flexibility index (Phi) is 4.72. The Morgan fingerprint density at radius 3 is 2.62 bits per heavy atom. The van der Waals surface area contributed by atoms with Crippen molar-refractivity contribution in [2.24, 2.45) is 4.99 Å². The molecular formula is C17H11Cl2N3OS. The second-order valence-corrected chi connectivity index (χ2v) is 6.82. The Hall–Kier alpha value is -2.13. The highest BCUT2D eigenvalue weighted by atomic mass is 35.5. The number of nitrogens with zero attached hydrogens (tertiary/aromatic N) is 3. The topological polar surface area (TPSA) is 58.1 Å². The maximum absolute atomic E-state index is 12.4. The highest BCUT2D eigenvalue weighted by molar-refractivity contribution is 7.16. The lowest BCUT2D eigenvalue weighted by Gasteiger charge is -2.02. The number of carbonyl (C=O) groups is 1. The van der Waals surface area contributed by atoms with Crippen LogP contribution in [-0.2, 0) is 6.54 Å². The fourth-order valence-electron chi connectivity index (χ4n) is 2.35. The summed E-state index contributed by atoms with van der Waals surface area (Å²) < 4.78 is 2.76. The zero-order valence-corrected chi connectivity index (χ0v) is 14.9. The van der Waals surface area contributed by atoms with Gasteiger partial charge in [-0.25, -0.2) is 0 Å². The third-order valence-corrected chi connectivity index (χ3v) is 5.00. The number of carbonyl (C=O) groups excluding carboxylic acids is 1. The van der Waals surface area contributed by atoms with Gasteiger partial charge >= 0.3 is 0 Å². The van der Waals surface area contributed by atoms with Gasteiger partial charge in [0.15, 0.2) is 4.80 Å². The monoisotopic (exact) mass is 375 g/mol. The first kappa shape index (κ1) is 16.7. The average Bonchev–Trinajstić information content (AvgIpc) is 2.92. The van der Waals surface area contributed by atoms with Crippen molar-refractivity contribution in [3.8, 4) is 6.07 Å². The SMILES string of the molecule is CCn1c(=NC(=O)c2ccc(C#N)cc2)sc2cc(Cl)cc(Cl)c21. The van der Waals surface area contributed by atoms with Gasteiger partial charge in [0.2, 0.25) is 0 Å². The number of rotatable bonds is 2. The highest BCUT2D eigenvalue weighted by Gasteiger charge is 2.12. The van der Waals surface area contributed by atoms with Crippen LogP contribution in [0.1, 0.15) is 22.8 Å². The first-order chi connectivity index (χ1) is 11.5. The van der Waals surface area contributed by atoms with Crippen LogP contribution < -0.4 is 4.80 Å². The minimum atomic E-state index is -0.365. The first-order valence-corrected chi connectivity index (χ1v) is 8.68. The summed E-state index contributed by atoms with van der Waals surface area (Å²) in [6, 6.07) is 11.9. The summed E-state index contributed by atoms with van der Waals surface area (Å²) in [7, 11) is 0. The Morgan fingerprint density at radius 2 is 2.00 bits per heavy atom. The molecule has 0 aliphatic rings. The molecule has 7 heteroatoms. The summed E-state index contributed by atoms with van der Waals surface area (Å²) in [6.45, 7) is 2.59. The molecule has 1 heterocycles. The van der Waals surface area contributed by atoms with Crippen LogP contribution >= 0.6 is 34.5 Å². The van der Waals surface area contributed by atoms with Gasteiger partial charge in [0.25, 0.3) is 5.91 Å². The smallest absolute Gasteiger partial charge is 0.279 e. The lowest BCUT2D eigenvalue weighted by Crippen LogP contribution is -2.16. The Bertz CT molecular complexity index is 1040. The van der Waals surface area contributed by atoms with Gasteiger partial charge in [-0.15, -0.1) is 0 Å². The normalized spacial score (nSPS) is 11.7. The summed E-state index contributed by atoms with van der Waals surface area (Å²) in [5, 5.41) is 9.89. The lowest BCUT2D eigenvalue weighted by molar-refractivity contribution is 0.0998. The summed E-state index contributed by atoms with van der Waals surface area (Å²) in [6.07, 6.45) is 0. The standard InChI is InChI=1S/C17H11Cl2N3OS/c1-2-22-15-13(19)7-12(18)8-14(15)24-17(22)21-16(23)11-5-3-10(9-20)4-6-11/h3-8H,2H2,1H3. The van der Waals surface area contributed by atoms with Crippen molar-refractivity contribution >= 4 is 50.7 Å². The zero-order valence-electron chi connectivity index (χ0n) is 12.6. The molecule has 0 atom stereocenters. The number of aryl methyl sites for hydroxylation is 1. The molecule has 0 saturated carbocycles. The van der Waals surface area contributed by atoms with Gasteiger partial charge in [0.1, 0.15) is 0 Å². The van der Waals surface area contributed by atoms with Crippen LogP contribution in [0.15, 0.2) is 41.4 Å². The number of benzene rings is 2. The van der Waals surface area contributed by atoms with Crippen molar-refractivity contribution in [1.82, 2.24) is 4.57 Å². The molecule has 1 aromatic heterocycles. The molecule has 0 aliphatic heterocycles. The van der Waals surface area contributed by atoms with Gasteiger partial charge in [-0.3, -0.25) is 4.79 Å². The lowest BCUT2D eigenvalue weighted by atomic mass is 10.1. The van der Waals surface area contributed by atoms with Crippen LogP contribution in [0.5, 0.6) is 0 Å². The Balaban J connectivity index is 2.14. The Labute approximate surface area is 152 Å². The third kappa shape index (κ3) is 3.09. The van der Waals surface area contributed by atoms with Gasteiger partial charge in [0, 0.05) is 17.1 Å². The summed E-state index contributed by atoms with van der Waals surface area (Å²) >= 11 is 13.7. The summed E-state index contributed by atoms with van der Waals surface area (Å²) in [4.78, 5) is 17.2. The second kappa shape index (κ2) is 6.78. The van der Waals surface area contributed by atoms with Crippen molar-refractivity contribution in [3.05, 3.63) is 62.4 Å². The van der Waals surface area contributed by atoms with E-state index in [1.807, 2.05) is 23.6 Å². The molecule has 24 heavy (non-hydrogen) atoms. The minimum absolute atomic E-state index is 0.365. The van der Waals surface area contributed by atoms with Crippen LogP contribution in [0.3, 0.4) is 0 Å². The van der Waals surface area contributed by atoms with Gasteiger partial charge in [-0.2, -0.15) is 10.3 Å². The van der Waals surface area contributed by atoms with E-state index in [0.29, 0.717) is 32.5 Å². The number of amides is 1. The predicted octanol–water partition coefficient (Wildman–Crippen LogP) is 4.64. The van der Waals surface area contributed by atoms with E-state index in [4.69, 9.17) is 28.5 Å². The number of aromatic nitrogens is 1. The molecule has 0 aliphatic carbocycles.